The molecule has 1 atom stereocenters. The number of amides is 1. The molecule has 4 nitrogen and oxygen atoms in total. The van der Waals surface area contributed by atoms with E-state index in [1.807, 2.05) is 4.90 Å². The second-order valence-electron chi connectivity index (χ2n) is 4.05. The number of hydrogen-bond donors (Lipinski definition) is 0. The van der Waals surface area contributed by atoms with E-state index in [0.717, 1.165) is 32.4 Å². The molecule has 1 heterocycles. The van der Waals surface area contributed by atoms with E-state index in [2.05, 4.69) is 19.0 Å². The van der Waals surface area contributed by atoms with Crippen LogP contribution in [0.4, 0.5) is 4.79 Å². The van der Waals surface area contributed by atoms with Gasteiger partial charge in [-0.25, -0.2) is 4.79 Å². The summed E-state index contributed by atoms with van der Waals surface area (Å²) in [6, 6.07) is 0.379. The summed E-state index contributed by atoms with van der Waals surface area (Å²) >= 11 is 0. The van der Waals surface area contributed by atoms with E-state index in [-0.39, 0.29) is 6.09 Å². The van der Waals surface area contributed by atoms with Gasteiger partial charge in [0.1, 0.15) is 0 Å². The maximum Gasteiger partial charge on any atom is 0.409 e. The molecule has 82 valence electrons. The van der Waals surface area contributed by atoms with E-state index < -0.39 is 0 Å². The van der Waals surface area contributed by atoms with Crippen LogP contribution in [0.2, 0.25) is 0 Å². The molecule has 0 spiro atoms. The average Bonchev–Trinajstić information content (AvgIpc) is 2.61. The predicted molar refractivity (Wildman–Crippen MR) is 55.3 cm³/mol. The molecule has 1 unspecified atom stereocenters. The van der Waals surface area contributed by atoms with E-state index in [9.17, 15) is 4.79 Å². The van der Waals surface area contributed by atoms with E-state index in [0.29, 0.717) is 6.04 Å². The van der Waals surface area contributed by atoms with Crippen molar-refractivity contribution in [1.82, 2.24) is 9.80 Å². The highest BCUT2D eigenvalue weighted by atomic mass is 16.5. The van der Waals surface area contributed by atoms with Gasteiger partial charge >= 0.3 is 6.09 Å². The highest BCUT2D eigenvalue weighted by Crippen LogP contribution is 2.20. The lowest BCUT2D eigenvalue weighted by Crippen LogP contribution is -2.37. The number of nitrogens with zero attached hydrogens (tertiary/aromatic N) is 2. The molecule has 0 N–H and O–H groups in total. The average molecular weight is 200 g/mol. The van der Waals surface area contributed by atoms with Crippen LogP contribution in [0, 0.1) is 0 Å². The van der Waals surface area contributed by atoms with Crippen molar-refractivity contribution in [3.05, 3.63) is 0 Å². The van der Waals surface area contributed by atoms with Crippen molar-refractivity contribution >= 4 is 6.09 Å². The van der Waals surface area contributed by atoms with E-state index in [1.54, 1.807) is 0 Å². The summed E-state index contributed by atoms with van der Waals surface area (Å²) in [7, 11) is 5.55. The maximum absolute atomic E-state index is 11.4. The molecule has 0 saturated carbocycles. The fourth-order valence-electron chi connectivity index (χ4n) is 1.90. The SMILES string of the molecule is COC(=O)N1CCCC1CCN(C)C. The van der Waals surface area contributed by atoms with Crippen LogP contribution >= 0.6 is 0 Å². The Hall–Kier alpha value is -0.770. The molecule has 14 heavy (non-hydrogen) atoms. The summed E-state index contributed by atoms with van der Waals surface area (Å²) in [5.74, 6) is 0. The summed E-state index contributed by atoms with van der Waals surface area (Å²) < 4.78 is 4.74. The summed E-state index contributed by atoms with van der Waals surface area (Å²) in [6.45, 7) is 1.88. The smallest absolute Gasteiger partial charge is 0.409 e. The molecule has 0 bridgehead atoms. The van der Waals surface area contributed by atoms with Crippen molar-refractivity contribution in [2.45, 2.75) is 25.3 Å². The third kappa shape index (κ3) is 2.87. The van der Waals surface area contributed by atoms with Crippen LogP contribution in [0.15, 0.2) is 0 Å². The molecule has 1 aliphatic rings. The molecule has 0 radical (unpaired) electrons. The van der Waals surface area contributed by atoms with E-state index in [4.69, 9.17) is 4.74 Å². The lowest BCUT2D eigenvalue weighted by molar-refractivity contribution is 0.115. The molecule has 4 heteroatoms. The number of likely N-dealkylation sites (tertiary alicyclic amines) is 1. The minimum atomic E-state index is -0.175. The quantitative estimate of drug-likeness (QED) is 0.685. The Balaban J connectivity index is 2.39. The molecule has 1 saturated heterocycles. The molecule has 0 aromatic rings. The van der Waals surface area contributed by atoms with Crippen LogP contribution in [-0.2, 0) is 4.74 Å². The Morgan fingerprint density at radius 3 is 2.86 bits per heavy atom. The van der Waals surface area contributed by atoms with Crippen LogP contribution < -0.4 is 0 Å². The van der Waals surface area contributed by atoms with Gasteiger partial charge in [0.15, 0.2) is 0 Å². The summed E-state index contributed by atoms with van der Waals surface area (Å²) in [5.41, 5.74) is 0. The third-order valence-electron chi connectivity index (χ3n) is 2.70. The molecule has 1 aliphatic heterocycles. The number of ether oxygens (including phenoxy) is 1. The highest BCUT2D eigenvalue weighted by molar-refractivity contribution is 5.68. The maximum atomic E-state index is 11.4. The van der Waals surface area contributed by atoms with Gasteiger partial charge in [-0.1, -0.05) is 0 Å². The van der Waals surface area contributed by atoms with Gasteiger partial charge in [0, 0.05) is 12.6 Å². The second kappa shape index (κ2) is 5.20. The van der Waals surface area contributed by atoms with Crippen molar-refractivity contribution in [1.29, 1.82) is 0 Å². The van der Waals surface area contributed by atoms with Gasteiger partial charge in [0.2, 0.25) is 0 Å². The molecule has 0 aromatic heterocycles. The first-order valence-corrected chi connectivity index (χ1v) is 5.14. The first-order chi connectivity index (χ1) is 6.65. The van der Waals surface area contributed by atoms with Crippen LogP contribution in [0.5, 0.6) is 0 Å². The summed E-state index contributed by atoms with van der Waals surface area (Å²) in [4.78, 5) is 15.4. The van der Waals surface area contributed by atoms with Crippen LogP contribution in [-0.4, -0.2) is 56.2 Å². The van der Waals surface area contributed by atoms with Gasteiger partial charge in [-0.3, -0.25) is 0 Å². The Bertz CT molecular complexity index is 195. The molecule has 1 rings (SSSR count). The number of carbonyl (C=O) groups is 1. The van der Waals surface area contributed by atoms with E-state index in [1.165, 1.54) is 7.11 Å². The minimum Gasteiger partial charge on any atom is -0.453 e. The zero-order valence-corrected chi connectivity index (χ0v) is 9.32. The zero-order valence-electron chi connectivity index (χ0n) is 9.32. The molecule has 0 aromatic carbocycles. The zero-order chi connectivity index (χ0) is 10.6. The third-order valence-corrected chi connectivity index (χ3v) is 2.70. The van der Waals surface area contributed by atoms with E-state index >= 15 is 0 Å². The number of carbonyl (C=O) groups excluding carboxylic acids is 1. The van der Waals surface area contributed by atoms with Crippen molar-refractivity contribution in [2.24, 2.45) is 0 Å². The Morgan fingerprint density at radius 1 is 1.57 bits per heavy atom. The van der Waals surface area contributed by atoms with Crippen LogP contribution in [0.1, 0.15) is 19.3 Å². The fraction of sp³-hybridized carbons (Fsp3) is 0.900. The van der Waals surface area contributed by atoms with Crippen LogP contribution in [0.3, 0.4) is 0 Å². The summed E-state index contributed by atoms with van der Waals surface area (Å²) in [5, 5.41) is 0. The number of rotatable bonds is 3. The fourth-order valence-corrected chi connectivity index (χ4v) is 1.90. The lowest BCUT2D eigenvalue weighted by Gasteiger charge is -2.24. The largest absolute Gasteiger partial charge is 0.453 e. The standard InChI is InChI=1S/C10H20N2O2/c1-11(2)8-6-9-5-4-7-12(9)10(13)14-3/h9H,4-8H2,1-3H3. The van der Waals surface area contributed by atoms with Gasteiger partial charge in [0.25, 0.3) is 0 Å². The summed E-state index contributed by atoms with van der Waals surface area (Å²) in [6.07, 6.45) is 3.09. The van der Waals surface area contributed by atoms with Crippen molar-refractivity contribution in [3.8, 4) is 0 Å². The Kier molecular flexibility index (Phi) is 4.20. The number of hydrogen-bond acceptors (Lipinski definition) is 3. The van der Waals surface area contributed by atoms with Gasteiger partial charge < -0.3 is 14.5 Å². The Morgan fingerprint density at radius 2 is 2.29 bits per heavy atom. The number of methoxy groups -OCH3 is 1. The van der Waals surface area contributed by atoms with Crippen molar-refractivity contribution in [3.63, 3.8) is 0 Å². The normalized spacial score (nSPS) is 21.7. The van der Waals surface area contributed by atoms with Gasteiger partial charge in [0.05, 0.1) is 7.11 Å². The van der Waals surface area contributed by atoms with Crippen molar-refractivity contribution in [2.75, 3.05) is 34.3 Å². The molecular formula is C10H20N2O2. The monoisotopic (exact) mass is 200 g/mol. The second-order valence-corrected chi connectivity index (χ2v) is 4.05. The molecule has 1 amide bonds. The first kappa shape index (κ1) is 11.3. The Labute approximate surface area is 85.8 Å². The molecular weight excluding hydrogens is 180 g/mol. The van der Waals surface area contributed by atoms with Crippen LogP contribution in [0.25, 0.3) is 0 Å². The highest BCUT2D eigenvalue weighted by Gasteiger charge is 2.28. The minimum absolute atomic E-state index is 0.175. The van der Waals surface area contributed by atoms with Gasteiger partial charge in [-0.2, -0.15) is 0 Å². The van der Waals surface area contributed by atoms with Gasteiger partial charge in [-0.15, -0.1) is 0 Å². The molecule has 0 aliphatic carbocycles. The first-order valence-electron chi connectivity index (χ1n) is 5.14. The lowest BCUT2D eigenvalue weighted by atomic mass is 10.1. The topological polar surface area (TPSA) is 32.8 Å². The predicted octanol–water partition coefficient (Wildman–Crippen LogP) is 1.17. The van der Waals surface area contributed by atoms with Gasteiger partial charge in [-0.05, 0) is 39.9 Å². The van der Waals surface area contributed by atoms with Crippen molar-refractivity contribution < 1.29 is 9.53 Å². The molecule has 1 fully saturated rings.